The van der Waals surface area contributed by atoms with Gasteiger partial charge in [0.1, 0.15) is 5.75 Å². The summed E-state index contributed by atoms with van der Waals surface area (Å²) in [5, 5.41) is 16.3. The van der Waals surface area contributed by atoms with Crippen LogP contribution < -0.4 is 5.32 Å². The molecule has 0 aliphatic carbocycles. The molecule has 1 aromatic carbocycles. The highest BCUT2D eigenvalue weighted by molar-refractivity contribution is 14.1. The van der Waals surface area contributed by atoms with Crippen molar-refractivity contribution in [2.45, 2.75) is 13.5 Å². The monoisotopic (exact) mass is 357 g/mol. The zero-order valence-corrected chi connectivity index (χ0v) is 11.9. The molecule has 2 rings (SSSR count). The van der Waals surface area contributed by atoms with E-state index >= 15 is 0 Å². The van der Waals surface area contributed by atoms with Crippen molar-refractivity contribution < 1.29 is 9.90 Å². The zero-order valence-electron chi connectivity index (χ0n) is 9.72. The first-order valence-electron chi connectivity index (χ1n) is 5.42. The molecule has 1 heterocycles. The van der Waals surface area contributed by atoms with Gasteiger partial charge in [-0.25, -0.2) is 0 Å². The van der Waals surface area contributed by atoms with Crippen LogP contribution in [0.5, 0.6) is 5.75 Å². The molecule has 0 fully saturated rings. The Kier molecular flexibility index (Phi) is 3.85. The smallest absolute Gasteiger partial charge is 0.255 e. The Balaban J connectivity index is 2.14. The second-order valence-corrected chi connectivity index (χ2v) is 4.87. The van der Waals surface area contributed by atoms with Gasteiger partial charge in [-0.2, -0.15) is 5.10 Å². The molecular formula is C12H12IN3O2. The van der Waals surface area contributed by atoms with Gasteiger partial charge in [0.05, 0.1) is 15.5 Å². The number of aromatic nitrogens is 2. The molecule has 0 spiro atoms. The number of hydrogen-bond acceptors (Lipinski definition) is 3. The quantitative estimate of drug-likeness (QED) is 0.830. The molecule has 0 radical (unpaired) electrons. The van der Waals surface area contributed by atoms with Crippen molar-refractivity contribution in [2.75, 3.05) is 5.32 Å². The second-order valence-electron chi connectivity index (χ2n) is 3.71. The molecule has 0 aliphatic heterocycles. The predicted molar refractivity (Wildman–Crippen MR) is 76.7 cm³/mol. The molecule has 0 saturated carbocycles. The van der Waals surface area contributed by atoms with Crippen molar-refractivity contribution in [1.29, 1.82) is 0 Å². The second kappa shape index (κ2) is 5.38. The van der Waals surface area contributed by atoms with Crippen LogP contribution in [0, 0.1) is 3.57 Å². The number of hydrogen-bond donors (Lipinski definition) is 2. The minimum atomic E-state index is -0.266. The summed E-state index contributed by atoms with van der Waals surface area (Å²) < 4.78 is 2.43. The normalized spacial score (nSPS) is 10.3. The maximum Gasteiger partial charge on any atom is 0.255 e. The lowest BCUT2D eigenvalue weighted by Crippen LogP contribution is -2.11. The molecule has 6 heteroatoms. The van der Waals surface area contributed by atoms with Crippen molar-refractivity contribution in [3.05, 3.63) is 39.7 Å². The fourth-order valence-corrected chi connectivity index (χ4v) is 1.79. The van der Waals surface area contributed by atoms with Crippen molar-refractivity contribution in [3.63, 3.8) is 0 Å². The number of rotatable bonds is 3. The minimum absolute atomic E-state index is 0.104. The number of benzene rings is 1. The molecule has 0 saturated heterocycles. The number of nitrogens with zero attached hydrogens (tertiary/aromatic N) is 2. The maximum absolute atomic E-state index is 11.9. The van der Waals surface area contributed by atoms with E-state index < -0.39 is 0 Å². The maximum atomic E-state index is 11.9. The Morgan fingerprint density at radius 1 is 1.56 bits per heavy atom. The largest absolute Gasteiger partial charge is 0.507 e. The number of aryl methyl sites for hydroxylation is 1. The third-order valence-electron chi connectivity index (χ3n) is 2.42. The average molecular weight is 357 g/mol. The first-order valence-corrected chi connectivity index (χ1v) is 6.50. The van der Waals surface area contributed by atoms with E-state index in [-0.39, 0.29) is 11.7 Å². The van der Waals surface area contributed by atoms with E-state index in [1.165, 1.54) is 6.07 Å². The van der Waals surface area contributed by atoms with E-state index in [1.807, 2.05) is 29.5 Å². The zero-order chi connectivity index (χ0) is 13.1. The van der Waals surface area contributed by atoms with Gasteiger partial charge >= 0.3 is 0 Å². The van der Waals surface area contributed by atoms with Gasteiger partial charge in [-0.15, -0.1) is 0 Å². The van der Waals surface area contributed by atoms with Crippen LogP contribution in [0.1, 0.15) is 17.3 Å². The molecule has 0 aliphatic rings. The van der Waals surface area contributed by atoms with Crippen molar-refractivity contribution >= 4 is 34.2 Å². The molecule has 0 unspecified atom stereocenters. The Morgan fingerprint density at radius 3 is 2.94 bits per heavy atom. The van der Waals surface area contributed by atoms with Gasteiger partial charge in [0.15, 0.2) is 0 Å². The highest BCUT2D eigenvalue weighted by Crippen LogP contribution is 2.21. The molecular weight excluding hydrogens is 345 g/mol. The van der Waals surface area contributed by atoms with Crippen molar-refractivity contribution in [2.24, 2.45) is 0 Å². The number of anilines is 1. The SMILES string of the molecule is CCn1cc(NC(=O)c2ccc(I)c(O)c2)cn1. The van der Waals surface area contributed by atoms with Crippen molar-refractivity contribution in [3.8, 4) is 5.75 Å². The third kappa shape index (κ3) is 2.81. The lowest BCUT2D eigenvalue weighted by atomic mass is 10.2. The number of halogens is 1. The van der Waals surface area contributed by atoms with Gasteiger partial charge in [0.2, 0.25) is 0 Å². The van der Waals surface area contributed by atoms with Crippen LogP contribution >= 0.6 is 22.6 Å². The number of amides is 1. The van der Waals surface area contributed by atoms with E-state index in [0.717, 1.165) is 6.54 Å². The van der Waals surface area contributed by atoms with Crippen LogP contribution in [0.15, 0.2) is 30.6 Å². The standard InChI is InChI=1S/C12H12IN3O2/c1-2-16-7-9(6-14-16)15-12(18)8-3-4-10(13)11(17)5-8/h3-7,17H,2H2,1H3,(H,15,18). The van der Waals surface area contributed by atoms with Crippen LogP contribution in [0.2, 0.25) is 0 Å². The van der Waals surface area contributed by atoms with Crippen LogP contribution in [0.25, 0.3) is 0 Å². The lowest BCUT2D eigenvalue weighted by Gasteiger charge is -2.04. The summed E-state index contributed by atoms with van der Waals surface area (Å²) in [7, 11) is 0. The molecule has 0 bridgehead atoms. The molecule has 2 N–H and O–H groups in total. The number of aromatic hydroxyl groups is 1. The Morgan fingerprint density at radius 2 is 2.33 bits per heavy atom. The number of phenols is 1. The topological polar surface area (TPSA) is 67.2 Å². The summed E-state index contributed by atoms with van der Waals surface area (Å²) in [6, 6.07) is 4.81. The number of carbonyl (C=O) groups is 1. The molecule has 0 atom stereocenters. The van der Waals surface area contributed by atoms with Gasteiger partial charge in [-0.3, -0.25) is 9.48 Å². The molecule has 94 valence electrons. The first-order chi connectivity index (χ1) is 8.60. The highest BCUT2D eigenvalue weighted by atomic mass is 127. The summed E-state index contributed by atoms with van der Waals surface area (Å²) in [6.45, 7) is 2.72. The van der Waals surface area contributed by atoms with Gasteiger partial charge in [-0.05, 0) is 47.7 Å². The fourth-order valence-electron chi connectivity index (χ4n) is 1.46. The number of nitrogens with one attached hydrogen (secondary N) is 1. The van der Waals surface area contributed by atoms with E-state index in [2.05, 4.69) is 10.4 Å². The summed E-state index contributed by atoms with van der Waals surface area (Å²) in [4.78, 5) is 11.9. The van der Waals surface area contributed by atoms with Crippen LogP contribution in [0.3, 0.4) is 0 Å². The fraction of sp³-hybridized carbons (Fsp3) is 0.167. The summed E-state index contributed by atoms with van der Waals surface area (Å²) in [5.41, 5.74) is 1.05. The Hall–Kier alpha value is -1.57. The Labute approximate surface area is 118 Å². The summed E-state index contributed by atoms with van der Waals surface area (Å²) >= 11 is 2.00. The summed E-state index contributed by atoms with van der Waals surface area (Å²) in [5.74, 6) is -0.162. The van der Waals surface area contributed by atoms with E-state index in [9.17, 15) is 9.90 Å². The molecule has 5 nitrogen and oxygen atoms in total. The molecule has 18 heavy (non-hydrogen) atoms. The van der Waals surface area contributed by atoms with E-state index in [1.54, 1.807) is 29.2 Å². The van der Waals surface area contributed by atoms with Gasteiger partial charge in [0.25, 0.3) is 5.91 Å². The van der Waals surface area contributed by atoms with Crippen molar-refractivity contribution in [1.82, 2.24) is 9.78 Å². The number of phenolic OH excluding ortho intramolecular Hbond substituents is 1. The average Bonchev–Trinajstić information content (AvgIpc) is 2.80. The number of carbonyl (C=O) groups excluding carboxylic acids is 1. The van der Waals surface area contributed by atoms with Gasteiger partial charge in [0, 0.05) is 18.3 Å². The van der Waals surface area contributed by atoms with Gasteiger partial charge < -0.3 is 10.4 Å². The van der Waals surface area contributed by atoms with Crippen LogP contribution in [-0.2, 0) is 6.54 Å². The van der Waals surface area contributed by atoms with E-state index in [4.69, 9.17) is 0 Å². The molecule has 1 aromatic heterocycles. The predicted octanol–water partition coefficient (Wildman–Crippen LogP) is 2.47. The first kappa shape index (κ1) is 12.9. The lowest BCUT2D eigenvalue weighted by molar-refractivity contribution is 0.102. The van der Waals surface area contributed by atoms with Crippen LogP contribution in [-0.4, -0.2) is 20.8 Å². The molecule has 1 amide bonds. The summed E-state index contributed by atoms with van der Waals surface area (Å²) in [6.07, 6.45) is 3.35. The van der Waals surface area contributed by atoms with Crippen LogP contribution in [0.4, 0.5) is 5.69 Å². The Bertz CT molecular complexity index is 580. The van der Waals surface area contributed by atoms with E-state index in [0.29, 0.717) is 14.8 Å². The minimum Gasteiger partial charge on any atom is -0.507 e. The van der Waals surface area contributed by atoms with Gasteiger partial charge in [-0.1, -0.05) is 0 Å². The molecule has 2 aromatic rings. The highest BCUT2D eigenvalue weighted by Gasteiger charge is 2.09. The third-order valence-corrected chi connectivity index (χ3v) is 3.34.